The lowest BCUT2D eigenvalue weighted by Gasteiger charge is -2.31. The van der Waals surface area contributed by atoms with Crippen molar-refractivity contribution in [2.24, 2.45) is 13.0 Å². The number of carboxylic acids is 1. The third kappa shape index (κ3) is 3.88. The quantitative estimate of drug-likeness (QED) is 0.849. The van der Waals surface area contributed by atoms with E-state index in [1.807, 2.05) is 6.92 Å². The maximum absolute atomic E-state index is 12.3. The standard InChI is InChI=1S/C15H22N4O4/c1-10-7-12(16-18(10)3)14(21)17(2)9-13(20)19-6-4-5-11(8-19)15(22)23/h7,11H,4-6,8-9H2,1-3H3,(H,22,23). The first-order valence-electron chi connectivity index (χ1n) is 7.56. The summed E-state index contributed by atoms with van der Waals surface area (Å²) in [6.45, 7) is 2.50. The van der Waals surface area contributed by atoms with E-state index in [0.717, 1.165) is 5.69 Å². The van der Waals surface area contributed by atoms with Crippen molar-refractivity contribution in [2.75, 3.05) is 26.7 Å². The summed E-state index contributed by atoms with van der Waals surface area (Å²) in [5, 5.41) is 13.2. The molecule has 0 aliphatic carbocycles. The number of carbonyl (C=O) groups is 3. The molecule has 0 saturated carbocycles. The maximum atomic E-state index is 12.3. The molecular formula is C15H22N4O4. The van der Waals surface area contributed by atoms with Crippen molar-refractivity contribution in [3.05, 3.63) is 17.5 Å². The summed E-state index contributed by atoms with van der Waals surface area (Å²) in [5.41, 5.74) is 1.15. The molecule has 1 atom stereocenters. The number of carbonyl (C=O) groups excluding carboxylic acids is 2. The average Bonchev–Trinajstić information content (AvgIpc) is 2.85. The predicted molar refractivity (Wildman–Crippen MR) is 81.8 cm³/mol. The summed E-state index contributed by atoms with van der Waals surface area (Å²) in [7, 11) is 3.29. The van der Waals surface area contributed by atoms with Gasteiger partial charge in [-0.3, -0.25) is 19.1 Å². The highest BCUT2D eigenvalue weighted by Crippen LogP contribution is 2.17. The SMILES string of the molecule is Cc1cc(C(=O)N(C)CC(=O)N2CCCC(C(=O)O)C2)nn1C. The summed E-state index contributed by atoms with van der Waals surface area (Å²) in [4.78, 5) is 38.5. The molecule has 1 saturated heterocycles. The molecule has 0 spiro atoms. The van der Waals surface area contributed by atoms with E-state index < -0.39 is 11.9 Å². The lowest BCUT2D eigenvalue weighted by atomic mass is 9.98. The van der Waals surface area contributed by atoms with E-state index in [-0.39, 0.29) is 24.9 Å². The first-order valence-corrected chi connectivity index (χ1v) is 7.56. The molecular weight excluding hydrogens is 300 g/mol. The molecule has 8 heteroatoms. The van der Waals surface area contributed by atoms with E-state index in [9.17, 15) is 14.4 Å². The van der Waals surface area contributed by atoms with Gasteiger partial charge in [-0.25, -0.2) is 0 Å². The Morgan fingerprint density at radius 3 is 2.70 bits per heavy atom. The minimum Gasteiger partial charge on any atom is -0.481 e. The second-order valence-corrected chi connectivity index (χ2v) is 5.97. The van der Waals surface area contributed by atoms with Crippen molar-refractivity contribution in [3.8, 4) is 0 Å². The van der Waals surface area contributed by atoms with Crippen LogP contribution in [0, 0.1) is 12.8 Å². The van der Waals surface area contributed by atoms with Crippen molar-refractivity contribution in [2.45, 2.75) is 19.8 Å². The van der Waals surface area contributed by atoms with Gasteiger partial charge in [-0.05, 0) is 25.8 Å². The zero-order valence-electron chi connectivity index (χ0n) is 13.7. The second-order valence-electron chi connectivity index (χ2n) is 5.97. The van der Waals surface area contributed by atoms with Gasteiger partial charge in [0.1, 0.15) is 0 Å². The molecule has 8 nitrogen and oxygen atoms in total. The lowest BCUT2D eigenvalue weighted by molar-refractivity contribution is -0.145. The third-order valence-electron chi connectivity index (χ3n) is 4.18. The fourth-order valence-electron chi connectivity index (χ4n) is 2.64. The number of nitrogens with zero attached hydrogens (tertiary/aromatic N) is 4. The molecule has 2 heterocycles. The van der Waals surface area contributed by atoms with Gasteiger partial charge in [0.05, 0.1) is 12.5 Å². The van der Waals surface area contributed by atoms with Crippen molar-refractivity contribution in [3.63, 3.8) is 0 Å². The van der Waals surface area contributed by atoms with Crippen LogP contribution in [0.25, 0.3) is 0 Å². The molecule has 1 fully saturated rings. The predicted octanol–water partition coefficient (Wildman–Crippen LogP) is 0.124. The van der Waals surface area contributed by atoms with Crippen LogP contribution >= 0.6 is 0 Å². The molecule has 1 N–H and O–H groups in total. The van der Waals surface area contributed by atoms with Gasteiger partial charge in [-0.15, -0.1) is 0 Å². The minimum absolute atomic E-state index is 0.0825. The number of likely N-dealkylation sites (N-methyl/N-ethyl adjacent to an activating group) is 1. The maximum Gasteiger partial charge on any atom is 0.308 e. The van der Waals surface area contributed by atoms with Crippen LogP contribution in [0.15, 0.2) is 6.07 Å². The molecule has 126 valence electrons. The highest BCUT2D eigenvalue weighted by Gasteiger charge is 2.29. The molecule has 1 aromatic heterocycles. The van der Waals surface area contributed by atoms with Gasteiger partial charge in [0, 0.05) is 32.9 Å². The largest absolute Gasteiger partial charge is 0.481 e. The summed E-state index contributed by atoms with van der Waals surface area (Å²) in [6, 6.07) is 1.67. The van der Waals surface area contributed by atoms with Crippen molar-refractivity contribution < 1.29 is 19.5 Å². The van der Waals surface area contributed by atoms with E-state index in [2.05, 4.69) is 5.10 Å². The lowest BCUT2D eigenvalue weighted by Crippen LogP contribution is -2.47. The van der Waals surface area contributed by atoms with Crippen molar-refractivity contribution in [1.82, 2.24) is 19.6 Å². The second kappa shape index (κ2) is 6.80. The average molecular weight is 322 g/mol. The van der Waals surface area contributed by atoms with Crippen LogP contribution in [0.2, 0.25) is 0 Å². The summed E-state index contributed by atoms with van der Waals surface area (Å²) < 4.78 is 1.60. The Morgan fingerprint density at radius 1 is 1.43 bits per heavy atom. The molecule has 2 rings (SSSR count). The van der Waals surface area contributed by atoms with Gasteiger partial charge in [-0.1, -0.05) is 0 Å². The molecule has 23 heavy (non-hydrogen) atoms. The van der Waals surface area contributed by atoms with Crippen molar-refractivity contribution in [1.29, 1.82) is 0 Å². The molecule has 1 aliphatic rings. The number of likely N-dealkylation sites (tertiary alicyclic amines) is 1. The smallest absolute Gasteiger partial charge is 0.308 e. The van der Waals surface area contributed by atoms with Crippen molar-refractivity contribution >= 4 is 17.8 Å². The van der Waals surface area contributed by atoms with Crippen LogP contribution in [0.3, 0.4) is 0 Å². The van der Waals surface area contributed by atoms with Crippen LogP contribution in [-0.4, -0.2) is 69.2 Å². The number of aliphatic carboxylic acids is 1. The van der Waals surface area contributed by atoms with Gasteiger partial charge in [0.25, 0.3) is 5.91 Å². The number of amides is 2. The first-order chi connectivity index (χ1) is 10.8. The van der Waals surface area contributed by atoms with Crippen LogP contribution in [0.5, 0.6) is 0 Å². The number of aromatic nitrogens is 2. The van der Waals surface area contributed by atoms with Gasteiger partial charge >= 0.3 is 5.97 Å². The fourth-order valence-corrected chi connectivity index (χ4v) is 2.64. The fraction of sp³-hybridized carbons (Fsp3) is 0.600. The van der Waals surface area contributed by atoms with Crippen LogP contribution in [-0.2, 0) is 16.6 Å². The number of piperidine rings is 1. The Bertz CT molecular complexity index is 605. The Balaban J connectivity index is 1.96. The normalized spacial score (nSPS) is 17.9. The Labute approximate surface area is 134 Å². The highest BCUT2D eigenvalue weighted by atomic mass is 16.4. The van der Waals surface area contributed by atoms with E-state index in [4.69, 9.17) is 5.11 Å². The van der Waals surface area contributed by atoms with Crippen LogP contribution in [0.4, 0.5) is 0 Å². The number of aryl methyl sites for hydroxylation is 2. The number of hydrogen-bond acceptors (Lipinski definition) is 4. The first kappa shape index (κ1) is 17.0. The molecule has 0 radical (unpaired) electrons. The van der Waals surface area contributed by atoms with Gasteiger partial charge < -0.3 is 14.9 Å². The molecule has 1 aliphatic heterocycles. The van der Waals surface area contributed by atoms with E-state index in [0.29, 0.717) is 25.1 Å². The van der Waals surface area contributed by atoms with E-state index >= 15 is 0 Å². The van der Waals surface area contributed by atoms with E-state index in [1.54, 1.807) is 24.8 Å². The monoisotopic (exact) mass is 322 g/mol. The topological polar surface area (TPSA) is 95.7 Å². The molecule has 0 bridgehead atoms. The minimum atomic E-state index is -0.879. The summed E-state index contributed by atoms with van der Waals surface area (Å²) >= 11 is 0. The summed E-state index contributed by atoms with van der Waals surface area (Å²) in [5.74, 6) is -1.96. The van der Waals surface area contributed by atoms with Gasteiger partial charge in [0.2, 0.25) is 5.91 Å². The summed E-state index contributed by atoms with van der Waals surface area (Å²) in [6.07, 6.45) is 1.25. The number of rotatable bonds is 4. The Hall–Kier alpha value is -2.38. The number of hydrogen-bond donors (Lipinski definition) is 1. The molecule has 1 unspecified atom stereocenters. The van der Waals surface area contributed by atoms with Crippen LogP contribution in [0.1, 0.15) is 29.0 Å². The highest BCUT2D eigenvalue weighted by molar-refractivity contribution is 5.94. The Morgan fingerprint density at radius 2 is 2.13 bits per heavy atom. The zero-order chi connectivity index (χ0) is 17.1. The Kier molecular flexibility index (Phi) is 5.02. The van der Waals surface area contributed by atoms with E-state index in [1.165, 1.54) is 9.80 Å². The zero-order valence-corrected chi connectivity index (χ0v) is 13.7. The van der Waals surface area contributed by atoms with Gasteiger partial charge in [-0.2, -0.15) is 5.10 Å². The van der Waals surface area contributed by atoms with Crippen LogP contribution < -0.4 is 0 Å². The third-order valence-corrected chi connectivity index (χ3v) is 4.18. The molecule has 1 aromatic rings. The number of carboxylic acid groups (broad SMARTS) is 1. The molecule has 0 aromatic carbocycles. The molecule has 2 amide bonds. The van der Waals surface area contributed by atoms with Gasteiger partial charge in [0.15, 0.2) is 5.69 Å².